The van der Waals surface area contributed by atoms with Gasteiger partial charge in [-0.1, -0.05) is 30.3 Å². The van der Waals surface area contributed by atoms with Crippen LogP contribution in [0, 0.1) is 6.92 Å². The predicted octanol–water partition coefficient (Wildman–Crippen LogP) is 2.24. The molecule has 0 aromatic carbocycles. The summed E-state index contributed by atoms with van der Waals surface area (Å²) in [6, 6.07) is 0. The molecule has 2 heterocycles. The molecule has 0 spiro atoms. The molecule has 2 aromatic heterocycles. The quantitative estimate of drug-likeness (QED) is 0.842. The molecule has 0 N–H and O–H groups in total. The Balaban J connectivity index is 2.09. The van der Waals surface area contributed by atoms with Crippen molar-refractivity contribution >= 4 is 17.2 Å². The lowest BCUT2D eigenvalue weighted by Gasteiger charge is -2.13. The lowest BCUT2D eigenvalue weighted by atomic mass is 10.2. The summed E-state index contributed by atoms with van der Waals surface area (Å²) in [4.78, 5) is 22.9. The fourth-order valence-corrected chi connectivity index (χ4v) is 2.56. The van der Waals surface area contributed by atoms with Crippen LogP contribution >= 0.6 is 11.3 Å². The lowest BCUT2D eigenvalue weighted by molar-refractivity contribution is 0.0784. The van der Waals surface area contributed by atoms with Gasteiger partial charge in [0.2, 0.25) is 5.89 Å². The Labute approximate surface area is 126 Å². The van der Waals surface area contributed by atoms with Crippen LogP contribution in [0.1, 0.15) is 46.8 Å². The van der Waals surface area contributed by atoms with Crippen LogP contribution in [0.3, 0.4) is 0 Å². The maximum atomic E-state index is 12.4. The number of ether oxygens (including phenoxy) is 1. The zero-order valence-corrected chi connectivity index (χ0v) is 13.5. The number of carbonyl (C=O) groups excluding carboxylic acids is 1. The largest absolute Gasteiger partial charge is 0.473 e. The molecule has 114 valence electrons. The summed E-state index contributed by atoms with van der Waals surface area (Å²) in [6.07, 6.45) is 0. The van der Waals surface area contributed by atoms with Gasteiger partial charge in [-0.15, -0.1) is 0 Å². The Morgan fingerprint density at radius 3 is 2.67 bits per heavy atom. The van der Waals surface area contributed by atoms with E-state index in [2.05, 4.69) is 15.1 Å². The highest BCUT2D eigenvalue weighted by Crippen LogP contribution is 2.25. The fraction of sp³-hybridized carbons (Fsp3) is 0.538. The molecular formula is C13H18N4O3S. The zero-order chi connectivity index (χ0) is 15.6. The first kappa shape index (κ1) is 15.4. The van der Waals surface area contributed by atoms with E-state index in [1.54, 1.807) is 14.0 Å². The number of carbonyl (C=O) groups is 1. The number of hydrogen-bond acceptors (Lipinski definition) is 7. The van der Waals surface area contributed by atoms with Crippen molar-refractivity contribution in [3.05, 3.63) is 22.3 Å². The summed E-state index contributed by atoms with van der Waals surface area (Å²) >= 11 is 1.23. The van der Waals surface area contributed by atoms with E-state index in [-0.39, 0.29) is 18.4 Å². The first-order valence-electron chi connectivity index (χ1n) is 6.51. The van der Waals surface area contributed by atoms with E-state index in [0.717, 1.165) is 0 Å². The number of amides is 1. The maximum absolute atomic E-state index is 12.4. The SMILES string of the molecule is COc1nc(C)c(C(=O)N(C)Cc2noc(C(C)C)n2)s1. The van der Waals surface area contributed by atoms with Gasteiger partial charge in [0.15, 0.2) is 5.82 Å². The predicted molar refractivity (Wildman–Crippen MR) is 77.6 cm³/mol. The molecule has 0 radical (unpaired) electrons. The van der Waals surface area contributed by atoms with E-state index in [0.29, 0.717) is 27.5 Å². The molecule has 0 unspecified atom stereocenters. The van der Waals surface area contributed by atoms with Crippen molar-refractivity contribution in [3.8, 4) is 5.19 Å². The minimum absolute atomic E-state index is 0.135. The average Bonchev–Trinajstić information content (AvgIpc) is 3.04. The van der Waals surface area contributed by atoms with Crippen LogP contribution in [0.25, 0.3) is 0 Å². The van der Waals surface area contributed by atoms with Gasteiger partial charge in [-0.25, -0.2) is 4.98 Å². The number of hydrogen-bond donors (Lipinski definition) is 0. The van der Waals surface area contributed by atoms with Crippen molar-refractivity contribution in [2.75, 3.05) is 14.2 Å². The van der Waals surface area contributed by atoms with Crippen molar-refractivity contribution in [1.29, 1.82) is 0 Å². The van der Waals surface area contributed by atoms with Crippen LogP contribution in [-0.2, 0) is 6.54 Å². The highest BCUT2D eigenvalue weighted by molar-refractivity contribution is 7.15. The summed E-state index contributed by atoms with van der Waals surface area (Å²) in [6.45, 7) is 6.01. The molecule has 0 fully saturated rings. The number of rotatable bonds is 5. The van der Waals surface area contributed by atoms with Gasteiger partial charge in [0.25, 0.3) is 11.1 Å². The van der Waals surface area contributed by atoms with Crippen molar-refractivity contribution in [2.24, 2.45) is 0 Å². The Morgan fingerprint density at radius 1 is 1.43 bits per heavy atom. The number of thiazole rings is 1. The number of aromatic nitrogens is 3. The zero-order valence-electron chi connectivity index (χ0n) is 12.7. The van der Waals surface area contributed by atoms with E-state index < -0.39 is 0 Å². The number of methoxy groups -OCH3 is 1. The van der Waals surface area contributed by atoms with Crippen LogP contribution in [0.2, 0.25) is 0 Å². The number of nitrogens with zero attached hydrogens (tertiary/aromatic N) is 4. The standard InChI is InChI=1S/C13H18N4O3S/c1-7(2)11-15-9(16-20-11)6-17(4)12(18)10-8(3)14-13(19-5)21-10/h7H,6H2,1-5H3. The Hall–Kier alpha value is -1.96. The molecule has 0 aliphatic heterocycles. The molecule has 0 atom stereocenters. The van der Waals surface area contributed by atoms with E-state index in [4.69, 9.17) is 9.26 Å². The second-order valence-electron chi connectivity index (χ2n) is 4.96. The van der Waals surface area contributed by atoms with Crippen molar-refractivity contribution in [2.45, 2.75) is 33.2 Å². The summed E-state index contributed by atoms with van der Waals surface area (Å²) in [7, 11) is 3.22. The molecule has 0 saturated carbocycles. The molecule has 2 rings (SSSR count). The van der Waals surface area contributed by atoms with Crippen LogP contribution in [0.15, 0.2) is 4.52 Å². The van der Waals surface area contributed by atoms with E-state index in [1.807, 2.05) is 13.8 Å². The molecule has 0 aliphatic carbocycles. The van der Waals surface area contributed by atoms with E-state index in [9.17, 15) is 4.79 Å². The first-order valence-corrected chi connectivity index (χ1v) is 7.33. The van der Waals surface area contributed by atoms with Crippen LogP contribution in [0.5, 0.6) is 5.19 Å². The van der Waals surface area contributed by atoms with Crippen LogP contribution in [0.4, 0.5) is 0 Å². The third-order valence-electron chi connectivity index (χ3n) is 2.85. The maximum Gasteiger partial charge on any atom is 0.273 e. The Kier molecular flexibility index (Phi) is 4.56. The molecule has 2 aromatic rings. The van der Waals surface area contributed by atoms with Gasteiger partial charge in [0, 0.05) is 13.0 Å². The second-order valence-corrected chi connectivity index (χ2v) is 5.92. The van der Waals surface area contributed by atoms with Gasteiger partial charge < -0.3 is 14.2 Å². The smallest absolute Gasteiger partial charge is 0.273 e. The molecule has 0 saturated heterocycles. The highest BCUT2D eigenvalue weighted by Gasteiger charge is 2.21. The lowest BCUT2D eigenvalue weighted by Crippen LogP contribution is -2.26. The van der Waals surface area contributed by atoms with Gasteiger partial charge in [-0.2, -0.15) is 4.98 Å². The van der Waals surface area contributed by atoms with Crippen LogP contribution < -0.4 is 4.74 Å². The van der Waals surface area contributed by atoms with Crippen LogP contribution in [-0.4, -0.2) is 40.1 Å². The average molecular weight is 310 g/mol. The molecule has 7 nitrogen and oxygen atoms in total. The van der Waals surface area contributed by atoms with Gasteiger partial charge in [0.1, 0.15) is 4.88 Å². The van der Waals surface area contributed by atoms with Crippen molar-refractivity contribution in [3.63, 3.8) is 0 Å². The third kappa shape index (κ3) is 3.38. The molecule has 0 aliphatic rings. The first-order chi connectivity index (χ1) is 9.92. The monoisotopic (exact) mass is 310 g/mol. The minimum Gasteiger partial charge on any atom is -0.473 e. The Morgan fingerprint density at radius 2 is 2.14 bits per heavy atom. The molecular weight excluding hydrogens is 292 g/mol. The molecule has 21 heavy (non-hydrogen) atoms. The summed E-state index contributed by atoms with van der Waals surface area (Å²) in [5, 5.41) is 4.36. The van der Waals surface area contributed by atoms with Crippen molar-refractivity contribution in [1.82, 2.24) is 20.0 Å². The topological polar surface area (TPSA) is 81.4 Å². The normalized spacial score (nSPS) is 11.0. The minimum atomic E-state index is -0.135. The van der Waals surface area contributed by atoms with Gasteiger partial charge in [-0.3, -0.25) is 4.79 Å². The van der Waals surface area contributed by atoms with Gasteiger partial charge in [0.05, 0.1) is 19.3 Å². The summed E-state index contributed by atoms with van der Waals surface area (Å²) in [5.74, 6) is 1.09. The van der Waals surface area contributed by atoms with E-state index >= 15 is 0 Å². The van der Waals surface area contributed by atoms with Gasteiger partial charge >= 0.3 is 0 Å². The van der Waals surface area contributed by atoms with E-state index in [1.165, 1.54) is 23.3 Å². The number of aryl methyl sites for hydroxylation is 1. The molecule has 1 amide bonds. The van der Waals surface area contributed by atoms with Crippen molar-refractivity contribution < 1.29 is 14.1 Å². The van der Waals surface area contributed by atoms with Gasteiger partial charge in [-0.05, 0) is 6.92 Å². The second kappa shape index (κ2) is 6.21. The summed E-state index contributed by atoms with van der Waals surface area (Å²) < 4.78 is 10.2. The summed E-state index contributed by atoms with van der Waals surface area (Å²) in [5.41, 5.74) is 0.657. The fourth-order valence-electron chi connectivity index (χ4n) is 1.68. The molecule has 0 bridgehead atoms. The molecule has 8 heteroatoms. The highest BCUT2D eigenvalue weighted by atomic mass is 32.1. The third-order valence-corrected chi connectivity index (χ3v) is 3.96. The Bertz CT molecular complexity index is 635.